The molecule has 1 amide bonds. The molecule has 5 nitrogen and oxygen atoms in total. The van der Waals surface area contributed by atoms with Gasteiger partial charge in [0.1, 0.15) is 5.75 Å². The van der Waals surface area contributed by atoms with Gasteiger partial charge in [0, 0.05) is 11.8 Å². The van der Waals surface area contributed by atoms with Gasteiger partial charge in [0.15, 0.2) is 0 Å². The molecule has 0 fully saturated rings. The van der Waals surface area contributed by atoms with Gasteiger partial charge in [0.2, 0.25) is 0 Å². The maximum absolute atomic E-state index is 12.3. The van der Waals surface area contributed by atoms with Crippen molar-refractivity contribution in [3.05, 3.63) is 53.6 Å². The number of hydrazine groups is 1. The van der Waals surface area contributed by atoms with Crippen LogP contribution in [0.4, 0.5) is 11.4 Å². The number of methoxy groups -OCH3 is 1. The minimum atomic E-state index is -0.230. The Bertz CT molecular complexity index is 626. The molecule has 2 aromatic carbocycles. The zero-order valence-electron chi connectivity index (χ0n) is 11.4. The lowest BCUT2D eigenvalue weighted by Gasteiger charge is -2.11. The molecule has 0 radical (unpaired) electrons. The predicted octanol–water partition coefficient (Wildman–Crippen LogP) is 2.54. The normalized spacial score (nSPS) is 9.95. The molecule has 0 spiro atoms. The van der Waals surface area contributed by atoms with Crippen molar-refractivity contribution in [2.45, 2.75) is 6.92 Å². The first-order valence-corrected chi connectivity index (χ1v) is 6.16. The number of aryl methyl sites for hydroxylation is 1. The number of nitrogens with one attached hydrogen (secondary N) is 2. The lowest BCUT2D eigenvalue weighted by molar-refractivity contribution is 0.102. The Morgan fingerprint density at radius 1 is 1.20 bits per heavy atom. The number of rotatable bonds is 4. The molecule has 104 valence electrons. The molecular formula is C15H17N3O2. The number of hydrogen-bond acceptors (Lipinski definition) is 4. The van der Waals surface area contributed by atoms with E-state index >= 15 is 0 Å². The largest absolute Gasteiger partial charge is 0.497 e. The lowest BCUT2D eigenvalue weighted by Crippen LogP contribution is -2.17. The molecule has 0 aliphatic carbocycles. The van der Waals surface area contributed by atoms with Crippen molar-refractivity contribution >= 4 is 17.3 Å². The Kier molecular flexibility index (Phi) is 4.22. The molecule has 20 heavy (non-hydrogen) atoms. The average Bonchev–Trinajstić information content (AvgIpc) is 2.47. The number of nitrogen functional groups attached to an aromatic ring is 1. The van der Waals surface area contributed by atoms with E-state index in [1.807, 2.05) is 31.2 Å². The zero-order valence-corrected chi connectivity index (χ0v) is 11.4. The molecule has 5 heteroatoms. The van der Waals surface area contributed by atoms with Crippen molar-refractivity contribution in [2.24, 2.45) is 5.84 Å². The first-order valence-electron chi connectivity index (χ1n) is 6.16. The van der Waals surface area contributed by atoms with E-state index in [4.69, 9.17) is 10.6 Å². The van der Waals surface area contributed by atoms with Crippen LogP contribution in [0.3, 0.4) is 0 Å². The van der Waals surface area contributed by atoms with Gasteiger partial charge in [0.25, 0.3) is 5.91 Å². The molecule has 4 N–H and O–H groups in total. The molecule has 0 atom stereocenters. The summed E-state index contributed by atoms with van der Waals surface area (Å²) in [5.74, 6) is 5.90. The highest BCUT2D eigenvalue weighted by molar-refractivity contribution is 6.08. The van der Waals surface area contributed by atoms with Gasteiger partial charge in [-0.25, -0.2) is 0 Å². The summed E-state index contributed by atoms with van der Waals surface area (Å²) in [5, 5.41) is 2.81. The van der Waals surface area contributed by atoms with E-state index in [2.05, 4.69) is 10.7 Å². The summed E-state index contributed by atoms with van der Waals surface area (Å²) < 4.78 is 5.12. The van der Waals surface area contributed by atoms with E-state index in [0.717, 1.165) is 5.56 Å². The number of nitrogens with two attached hydrogens (primary N) is 1. The van der Waals surface area contributed by atoms with E-state index in [9.17, 15) is 4.79 Å². The van der Waals surface area contributed by atoms with Crippen LogP contribution in [0.25, 0.3) is 0 Å². The number of benzene rings is 2. The quantitative estimate of drug-likeness (QED) is 0.590. The van der Waals surface area contributed by atoms with Crippen LogP contribution in [0.15, 0.2) is 42.5 Å². The minimum absolute atomic E-state index is 0.230. The Morgan fingerprint density at radius 3 is 2.70 bits per heavy atom. The van der Waals surface area contributed by atoms with Gasteiger partial charge in [-0.05, 0) is 36.8 Å². The van der Waals surface area contributed by atoms with Crippen LogP contribution in [0.2, 0.25) is 0 Å². The van der Waals surface area contributed by atoms with E-state index < -0.39 is 0 Å². The third-order valence-corrected chi connectivity index (χ3v) is 2.90. The maximum Gasteiger partial charge on any atom is 0.257 e. The molecule has 0 bridgehead atoms. The van der Waals surface area contributed by atoms with Gasteiger partial charge in [0.05, 0.1) is 18.4 Å². The fraction of sp³-hybridized carbons (Fsp3) is 0.133. The van der Waals surface area contributed by atoms with Crippen LogP contribution in [0, 0.1) is 6.92 Å². The van der Waals surface area contributed by atoms with Crippen molar-refractivity contribution in [1.29, 1.82) is 0 Å². The van der Waals surface area contributed by atoms with Crippen molar-refractivity contribution in [2.75, 3.05) is 17.9 Å². The fourth-order valence-corrected chi connectivity index (χ4v) is 1.87. The number of carbonyl (C=O) groups excluding carboxylic acids is 1. The first-order chi connectivity index (χ1) is 9.63. The fourth-order valence-electron chi connectivity index (χ4n) is 1.87. The standard InChI is InChI=1S/C15H17N3O2/c1-10-6-7-13(14(8-10)18-16)15(19)17-11-4-3-5-12(9-11)20-2/h3-9,18H,16H2,1-2H3,(H,17,19). The molecule has 0 aromatic heterocycles. The molecule has 0 unspecified atom stereocenters. The predicted molar refractivity (Wildman–Crippen MR) is 79.9 cm³/mol. The van der Waals surface area contributed by atoms with E-state index in [-0.39, 0.29) is 5.91 Å². The van der Waals surface area contributed by atoms with Crippen molar-refractivity contribution in [1.82, 2.24) is 0 Å². The Morgan fingerprint density at radius 2 is 2.00 bits per heavy atom. The highest BCUT2D eigenvalue weighted by Crippen LogP contribution is 2.20. The number of carbonyl (C=O) groups is 1. The van der Waals surface area contributed by atoms with Crippen LogP contribution < -0.4 is 21.3 Å². The smallest absolute Gasteiger partial charge is 0.257 e. The zero-order chi connectivity index (χ0) is 14.5. The molecular weight excluding hydrogens is 254 g/mol. The molecule has 0 aliphatic heterocycles. The van der Waals surface area contributed by atoms with E-state index in [1.54, 1.807) is 25.3 Å². The molecule has 2 aromatic rings. The summed E-state index contributed by atoms with van der Waals surface area (Å²) in [6.07, 6.45) is 0. The van der Waals surface area contributed by atoms with Crippen LogP contribution in [-0.2, 0) is 0 Å². The Hall–Kier alpha value is -2.53. The van der Waals surface area contributed by atoms with Gasteiger partial charge in [-0.3, -0.25) is 10.6 Å². The molecule has 0 saturated heterocycles. The third kappa shape index (κ3) is 3.07. The van der Waals surface area contributed by atoms with E-state index in [0.29, 0.717) is 22.7 Å². The lowest BCUT2D eigenvalue weighted by atomic mass is 10.1. The molecule has 2 rings (SSSR count). The van der Waals surface area contributed by atoms with Crippen LogP contribution in [0.5, 0.6) is 5.75 Å². The summed E-state index contributed by atoms with van der Waals surface area (Å²) in [7, 11) is 1.58. The third-order valence-electron chi connectivity index (χ3n) is 2.90. The monoisotopic (exact) mass is 271 g/mol. The highest BCUT2D eigenvalue weighted by Gasteiger charge is 2.11. The second kappa shape index (κ2) is 6.08. The summed E-state index contributed by atoms with van der Waals surface area (Å²) >= 11 is 0. The second-order valence-corrected chi connectivity index (χ2v) is 4.38. The van der Waals surface area contributed by atoms with Gasteiger partial charge in [-0.2, -0.15) is 0 Å². The topological polar surface area (TPSA) is 76.4 Å². The van der Waals surface area contributed by atoms with Crippen molar-refractivity contribution in [3.63, 3.8) is 0 Å². The Balaban J connectivity index is 2.23. The Labute approximate surface area is 117 Å². The molecule has 0 heterocycles. The highest BCUT2D eigenvalue weighted by atomic mass is 16.5. The number of anilines is 2. The SMILES string of the molecule is COc1cccc(NC(=O)c2ccc(C)cc2NN)c1. The molecule has 0 aliphatic rings. The van der Waals surface area contributed by atoms with Crippen molar-refractivity contribution in [3.8, 4) is 5.75 Å². The van der Waals surface area contributed by atoms with Gasteiger partial charge < -0.3 is 15.5 Å². The van der Waals surface area contributed by atoms with Gasteiger partial charge >= 0.3 is 0 Å². The summed E-state index contributed by atoms with van der Waals surface area (Å²) in [5.41, 5.74) is 5.30. The van der Waals surface area contributed by atoms with Gasteiger partial charge in [-0.1, -0.05) is 12.1 Å². The number of ether oxygens (including phenoxy) is 1. The minimum Gasteiger partial charge on any atom is -0.497 e. The number of hydrogen-bond donors (Lipinski definition) is 3. The van der Waals surface area contributed by atoms with Crippen molar-refractivity contribution < 1.29 is 9.53 Å². The second-order valence-electron chi connectivity index (χ2n) is 4.38. The molecule has 0 saturated carbocycles. The van der Waals surface area contributed by atoms with Crippen LogP contribution >= 0.6 is 0 Å². The maximum atomic E-state index is 12.3. The summed E-state index contributed by atoms with van der Waals surface area (Å²) in [6, 6.07) is 12.6. The van der Waals surface area contributed by atoms with E-state index in [1.165, 1.54) is 0 Å². The van der Waals surface area contributed by atoms with Gasteiger partial charge in [-0.15, -0.1) is 0 Å². The van der Waals surface area contributed by atoms with Crippen LogP contribution in [0.1, 0.15) is 15.9 Å². The first kappa shape index (κ1) is 13.9. The summed E-state index contributed by atoms with van der Waals surface area (Å²) in [6.45, 7) is 1.94. The average molecular weight is 271 g/mol. The summed E-state index contributed by atoms with van der Waals surface area (Å²) in [4.78, 5) is 12.3. The van der Waals surface area contributed by atoms with Crippen LogP contribution in [-0.4, -0.2) is 13.0 Å². The number of amides is 1.